The Hall–Kier alpha value is -2.45. The van der Waals surface area contributed by atoms with Gasteiger partial charge in [0.2, 0.25) is 5.91 Å². The Bertz CT molecular complexity index is 899. The summed E-state index contributed by atoms with van der Waals surface area (Å²) in [5.74, 6) is 0.146. The number of thiocarbonyl (C=S) groups is 1. The van der Waals surface area contributed by atoms with E-state index in [4.69, 9.17) is 17.0 Å². The van der Waals surface area contributed by atoms with E-state index in [1.165, 1.54) is 0 Å². The Kier molecular flexibility index (Phi) is 8.16. The molecule has 0 bridgehead atoms. The third-order valence-electron chi connectivity index (χ3n) is 3.84. The molecule has 2 rings (SSSR count). The molecule has 0 aromatic heterocycles. The molecule has 0 aliphatic heterocycles. The quantitative estimate of drug-likeness (QED) is 0.615. The second-order valence-corrected chi connectivity index (χ2v) is 8.20. The minimum absolute atomic E-state index is 0.0296. The van der Waals surface area contributed by atoms with E-state index < -0.39 is 0 Å². The lowest BCUT2D eigenvalue weighted by Gasteiger charge is -2.15. The van der Waals surface area contributed by atoms with Gasteiger partial charge in [-0.25, -0.2) is 0 Å². The summed E-state index contributed by atoms with van der Waals surface area (Å²) in [6.07, 6.45) is 0.265. The fourth-order valence-corrected chi connectivity index (χ4v) is 2.98. The summed E-state index contributed by atoms with van der Waals surface area (Å²) in [6, 6.07) is 12.5. The van der Waals surface area contributed by atoms with Crippen molar-refractivity contribution in [1.82, 2.24) is 10.2 Å². The van der Waals surface area contributed by atoms with E-state index in [9.17, 15) is 9.59 Å². The fourth-order valence-electron chi connectivity index (χ4n) is 2.41. The molecule has 154 valence electrons. The molecule has 0 spiro atoms. The number of likely N-dealkylation sites (N-methyl/N-ethyl adjacent to an activating group) is 1. The van der Waals surface area contributed by atoms with E-state index in [1.54, 1.807) is 31.1 Å². The first kappa shape index (κ1) is 22.8. The van der Waals surface area contributed by atoms with E-state index in [0.29, 0.717) is 23.4 Å². The van der Waals surface area contributed by atoms with Gasteiger partial charge in [0.25, 0.3) is 5.91 Å². The van der Waals surface area contributed by atoms with Crippen molar-refractivity contribution in [2.75, 3.05) is 19.4 Å². The predicted octanol–water partition coefficient (Wildman–Crippen LogP) is 3.99. The molecule has 0 saturated heterocycles. The first-order valence-corrected chi connectivity index (χ1v) is 10.2. The highest BCUT2D eigenvalue weighted by Gasteiger charge is 2.16. The Morgan fingerprint density at radius 1 is 1.14 bits per heavy atom. The lowest BCUT2D eigenvalue weighted by atomic mass is 10.1. The van der Waals surface area contributed by atoms with E-state index >= 15 is 0 Å². The molecular formula is C21H24BrN3O3S. The summed E-state index contributed by atoms with van der Waals surface area (Å²) in [7, 11) is 3.45. The van der Waals surface area contributed by atoms with Crippen LogP contribution in [-0.2, 0) is 11.2 Å². The molecule has 0 aliphatic carbocycles. The van der Waals surface area contributed by atoms with Crippen LogP contribution in [-0.4, -0.2) is 42.0 Å². The standard InChI is InChI=1S/C21H24BrN3O3S/c1-13(2)28-18-10-7-15(22)12-17(18)20(27)24-21(29)23-16-8-5-14(6-9-16)11-19(26)25(3)4/h5-10,12-13H,11H2,1-4H3,(H2,23,24,27,29). The highest BCUT2D eigenvalue weighted by Crippen LogP contribution is 2.24. The Morgan fingerprint density at radius 2 is 1.79 bits per heavy atom. The van der Waals surface area contributed by atoms with Gasteiger partial charge in [0.1, 0.15) is 5.75 Å². The summed E-state index contributed by atoms with van der Waals surface area (Å²) in [5, 5.41) is 5.81. The number of halogens is 1. The maximum absolute atomic E-state index is 12.7. The second-order valence-electron chi connectivity index (χ2n) is 6.88. The van der Waals surface area contributed by atoms with Crippen molar-refractivity contribution >= 4 is 50.8 Å². The molecule has 2 N–H and O–H groups in total. The monoisotopic (exact) mass is 477 g/mol. The number of amides is 2. The summed E-state index contributed by atoms with van der Waals surface area (Å²) >= 11 is 8.63. The van der Waals surface area contributed by atoms with E-state index in [-0.39, 0.29) is 23.0 Å². The molecule has 2 aromatic carbocycles. The largest absolute Gasteiger partial charge is 0.490 e. The molecule has 0 heterocycles. The molecule has 0 radical (unpaired) electrons. The number of hydrogen-bond acceptors (Lipinski definition) is 4. The van der Waals surface area contributed by atoms with Gasteiger partial charge in [-0.2, -0.15) is 0 Å². The van der Waals surface area contributed by atoms with Crippen LogP contribution in [0.4, 0.5) is 5.69 Å². The minimum atomic E-state index is -0.368. The number of nitrogens with zero attached hydrogens (tertiary/aromatic N) is 1. The Morgan fingerprint density at radius 3 is 2.38 bits per heavy atom. The minimum Gasteiger partial charge on any atom is -0.490 e. The predicted molar refractivity (Wildman–Crippen MR) is 122 cm³/mol. The molecule has 6 nitrogen and oxygen atoms in total. The van der Waals surface area contributed by atoms with E-state index in [0.717, 1.165) is 10.0 Å². The van der Waals surface area contributed by atoms with Gasteiger partial charge >= 0.3 is 0 Å². The van der Waals surface area contributed by atoms with Crippen LogP contribution in [0.15, 0.2) is 46.9 Å². The van der Waals surface area contributed by atoms with Gasteiger partial charge in [0.05, 0.1) is 18.1 Å². The number of nitrogens with one attached hydrogen (secondary N) is 2. The SMILES string of the molecule is CC(C)Oc1ccc(Br)cc1C(=O)NC(=S)Nc1ccc(CC(=O)N(C)C)cc1. The normalized spacial score (nSPS) is 10.4. The highest BCUT2D eigenvalue weighted by atomic mass is 79.9. The van der Waals surface area contributed by atoms with Crippen molar-refractivity contribution in [3.8, 4) is 5.75 Å². The molecule has 8 heteroatoms. The van der Waals surface area contributed by atoms with Gasteiger partial charge in [0.15, 0.2) is 5.11 Å². The third-order valence-corrected chi connectivity index (χ3v) is 4.54. The van der Waals surface area contributed by atoms with Crippen LogP contribution >= 0.6 is 28.1 Å². The van der Waals surface area contributed by atoms with Gasteiger partial charge in [-0.05, 0) is 62.0 Å². The number of rotatable bonds is 6. The van der Waals surface area contributed by atoms with Gasteiger partial charge in [-0.1, -0.05) is 28.1 Å². The number of carbonyl (C=O) groups is 2. The summed E-state index contributed by atoms with van der Waals surface area (Å²) < 4.78 is 6.47. The smallest absolute Gasteiger partial charge is 0.261 e. The van der Waals surface area contributed by atoms with Crippen LogP contribution in [0.2, 0.25) is 0 Å². The lowest BCUT2D eigenvalue weighted by molar-refractivity contribution is -0.127. The van der Waals surface area contributed by atoms with Crippen LogP contribution < -0.4 is 15.4 Å². The van der Waals surface area contributed by atoms with Crippen LogP contribution in [0, 0.1) is 0 Å². The van der Waals surface area contributed by atoms with Crippen molar-refractivity contribution < 1.29 is 14.3 Å². The number of ether oxygens (including phenoxy) is 1. The van der Waals surface area contributed by atoms with Gasteiger partial charge in [-0.15, -0.1) is 0 Å². The molecule has 29 heavy (non-hydrogen) atoms. The number of anilines is 1. The lowest BCUT2D eigenvalue weighted by Crippen LogP contribution is -2.34. The number of carbonyl (C=O) groups excluding carboxylic acids is 2. The van der Waals surface area contributed by atoms with Crippen LogP contribution in [0.5, 0.6) is 5.75 Å². The Balaban J connectivity index is 2.01. The van der Waals surface area contributed by atoms with Crippen molar-refractivity contribution in [2.45, 2.75) is 26.4 Å². The average Bonchev–Trinajstić information content (AvgIpc) is 2.64. The number of benzene rings is 2. The first-order chi connectivity index (χ1) is 13.7. The molecule has 2 amide bonds. The van der Waals surface area contributed by atoms with E-state index in [1.807, 2.05) is 44.2 Å². The fraction of sp³-hybridized carbons (Fsp3) is 0.286. The van der Waals surface area contributed by atoms with Gasteiger partial charge < -0.3 is 15.0 Å². The van der Waals surface area contributed by atoms with E-state index in [2.05, 4.69) is 26.6 Å². The van der Waals surface area contributed by atoms with Crippen molar-refractivity contribution in [3.63, 3.8) is 0 Å². The van der Waals surface area contributed by atoms with Crippen LogP contribution in [0.1, 0.15) is 29.8 Å². The van der Waals surface area contributed by atoms with Gasteiger partial charge in [0, 0.05) is 24.3 Å². The summed E-state index contributed by atoms with van der Waals surface area (Å²) in [5.41, 5.74) is 1.99. The van der Waals surface area contributed by atoms with Crippen LogP contribution in [0.25, 0.3) is 0 Å². The summed E-state index contributed by atoms with van der Waals surface area (Å²) in [6.45, 7) is 3.79. The summed E-state index contributed by atoms with van der Waals surface area (Å²) in [4.78, 5) is 26.0. The Labute approximate surface area is 184 Å². The maximum atomic E-state index is 12.7. The molecule has 2 aromatic rings. The molecule has 0 aliphatic rings. The first-order valence-electron chi connectivity index (χ1n) is 9.03. The molecule has 0 atom stereocenters. The van der Waals surface area contributed by atoms with Crippen molar-refractivity contribution in [3.05, 3.63) is 58.1 Å². The topological polar surface area (TPSA) is 70.7 Å². The number of hydrogen-bond donors (Lipinski definition) is 2. The highest BCUT2D eigenvalue weighted by molar-refractivity contribution is 9.10. The van der Waals surface area contributed by atoms with Crippen molar-refractivity contribution in [1.29, 1.82) is 0 Å². The molecule has 0 unspecified atom stereocenters. The average molecular weight is 478 g/mol. The zero-order valence-corrected chi connectivity index (χ0v) is 19.2. The third kappa shape index (κ3) is 7.14. The molecular weight excluding hydrogens is 454 g/mol. The van der Waals surface area contributed by atoms with Gasteiger partial charge in [-0.3, -0.25) is 14.9 Å². The zero-order valence-electron chi connectivity index (χ0n) is 16.8. The van der Waals surface area contributed by atoms with Crippen LogP contribution in [0.3, 0.4) is 0 Å². The molecule has 0 fully saturated rings. The van der Waals surface area contributed by atoms with Crippen molar-refractivity contribution in [2.24, 2.45) is 0 Å². The second kappa shape index (κ2) is 10.4. The maximum Gasteiger partial charge on any atom is 0.261 e. The molecule has 0 saturated carbocycles. The zero-order chi connectivity index (χ0) is 21.6.